The first kappa shape index (κ1) is 19.7. The maximum Gasteiger partial charge on any atom is 0.251 e. The summed E-state index contributed by atoms with van der Waals surface area (Å²) in [6.45, 7) is 3.95. The fraction of sp³-hybridized carbons (Fsp3) is 0.364. The third-order valence-electron chi connectivity index (χ3n) is 4.23. The summed E-state index contributed by atoms with van der Waals surface area (Å²) in [5.74, 6) is 1.27. The van der Waals surface area contributed by atoms with E-state index in [2.05, 4.69) is 12.2 Å². The number of benzene rings is 2. The smallest absolute Gasteiger partial charge is 0.251 e. The number of hydrogen-bond donors (Lipinski definition) is 1. The summed E-state index contributed by atoms with van der Waals surface area (Å²) in [6, 6.07) is 16.0. The number of rotatable bonds is 10. The maximum atomic E-state index is 12.5. The number of ketones is 1. The summed E-state index contributed by atoms with van der Waals surface area (Å²) < 4.78 is 5.73. The van der Waals surface area contributed by atoms with Crippen LogP contribution in [0, 0.1) is 0 Å². The molecule has 4 heteroatoms. The molecule has 2 aromatic carbocycles. The second-order valence-electron chi connectivity index (χ2n) is 6.28. The minimum atomic E-state index is -0.403. The van der Waals surface area contributed by atoms with Crippen LogP contribution in [-0.2, 0) is 4.79 Å². The van der Waals surface area contributed by atoms with Gasteiger partial charge in [-0.15, -0.1) is 0 Å². The van der Waals surface area contributed by atoms with Crippen LogP contribution in [-0.4, -0.2) is 17.7 Å². The van der Waals surface area contributed by atoms with Crippen LogP contribution in [0.4, 0.5) is 0 Å². The van der Waals surface area contributed by atoms with Gasteiger partial charge < -0.3 is 10.1 Å². The summed E-state index contributed by atoms with van der Waals surface area (Å²) in [5, 5.41) is 2.88. The molecule has 1 atom stereocenters. The van der Waals surface area contributed by atoms with E-state index in [1.807, 2.05) is 37.3 Å². The predicted molar refractivity (Wildman–Crippen MR) is 104 cm³/mol. The lowest BCUT2D eigenvalue weighted by Gasteiger charge is -2.17. The van der Waals surface area contributed by atoms with Crippen molar-refractivity contribution in [2.75, 3.05) is 0 Å². The molecule has 0 heterocycles. The SMILES string of the molecule is CCCCCC(NC(=O)c1ccc(Oc2ccccc2)cc1)C(=O)CC. The third-order valence-corrected chi connectivity index (χ3v) is 4.23. The van der Waals surface area contributed by atoms with Crippen LogP contribution < -0.4 is 10.1 Å². The number of hydrogen-bond acceptors (Lipinski definition) is 3. The maximum absolute atomic E-state index is 12.5. The number of nitrogens with one attached hydrogen (secondary N) is 1. The number of carbonyl (C=O) groups is 2. The van der Waals surface area contributed by atoms with Crippen molar-refractivity contribution in [1.82, 2.24) is 5.32 Å². The molecule has 0 radical (unpaired) electrons. The molecule has 1 amide bonds. The van der Waals surface area contributed by atoms with Gasteiger partial charge in [-0.2, -0.15) is 0 Å². The van der Waals surface area contributed by atoms with Crippen molar-refractivity contribution < 1.29 is 14.3 Å². The molecular formula is C22H27NO3. The highest BCUT2D eigenvalue weighted by Crippen LogP contribution is 2.21. The summed E-state index contributed by atoms with van der Waals surface area (Å²) in [7, 11) is 0. The van der Waals surface area contributed by atoms with Gasteiger partial charge in [0.2, 0.25) is 0 Å². The molecule has 0 spiro atoms. The van der Waals surface area contributed by atoms with E-state index in [0.29, 0.717) is 24.2 Å². The quantitative estimate of drug-likeness (QED) is 0.602. The molecule has 0 saturated heterocycles. The van der Waals surface area contributed by atoms with Gasteiger partial charge in [0.15, 0.2) is 5.78 Å². The lowest BCUT2D eigenvalue weighted by molar-refractivity contribution is -0.120. The molecule has 0 aliphatic rings. The van der Waals surface area contributed by atoms with Crippen molar-refractivity contribution in [3.63, 3.8) is 0 Å². The Kier molecular flexibility index (Phi) is 7.87. The molecule has 138 valence electrons. The average molecular weight is 353 g/mol. The monoisotopic (exact) mass is 353 g/mol. The Balaban J connectivity index is 1.97. The molecule has 2 aromatic rings. The van der Waals surface area contributed by atoms with Crippen molar-refractivity contribution in [1.29, 1.82) is 0 Å². The molecule has 26 heavy (non-hydrogen) atoms. The third kappa shape index (κ3) is 6.03. The van der Waals surface area contributed by atoms with Crippen LogP contribution in [0.3, 0.4) is 0 Å². The van der Waals surface area contributed by atoms with Gasteiger partial charge in [0.1, 0.15) is 11.5 Å². The van der Waals surface area contributed by atoms with Crippen LogP contribution in [0.2, 0.25) is 0 Å². The van der Waals surface area contributed by atoms with Gasteiger partial charge in [-0.3, -0.25) is 9.59 Å². The second kappa shape index (κ2) is 10.4. The fourth-order valence-corrected chi connectivity index (χ4v) is 2.70. The van der Waals surface area contributed by atoms with Gasteiger partial charge in [0, 0.05) is 12.0 Å². The number of Topliss-reactive ketones (excluding diaryl/α,β-unsaturated/α-hetero) is 1. The topological polar surface area (TPSA) is 55.4 Å². The minimum absolute atomic E-state index is 0.0819. The van der Waals surface area contributed by atoms with E-state index in [0.717, 1.165) is 25.0 Å². The van der Waals surface area contributed by atoms with Crippen LogP contribution in [0.15, 0.2) is 54.6 Å². The van der Waals surface area contributed by atoms with E-state index >= 15 is 0 Å². The van der Waals surface area contributed by atoms with Gasteiger partial charge in [0.05, 0.1) is 6.04 Å². The molecule has 0 fully saturated rings. The first-order valence-electron chi connectivity index (χ1n) is 9.30. The number of unbranched alkanes of at least 4 members (excludes halogenated alkanes) is 2. The molecule has 0 aliphatic carbocycles. The summed E-state index contributed by atoms with van der Waals surface area (Å²) >= 11 is 0. The van der Waals surface area contributed by atoms with Crippen LogP contribution in [0.1, 0.15) is 56.3 Å². The zero-order valence-electron chi connectivity index (χ0n) is 15.5. The van der Waals surface area contributed by atoms with E-state index in [9.17, 15) is 9.59 Å². The Hall–Kier alpha value is -2.62. The highest BCUT2D eigenvalue weighted by Gasteiger charge is 2.19. The summed E-state index contributed by atoms with van der Waals surface area (Å²) in [6.07, 6.45) is 4.22. The van der Waals surface area contributed by atoms with Crippen molar-refractivity contribution in [3.8, 4) is 11.5 Å². The molecule has 4 nitrogen and oxygen atoms in total. The van der Waals surface area contributed by atoms with Crippen LogP contribution in [0.5, 0.6) is 11.5 Å². The summed E-state index contributed by atoms with van der Waals surface area (Å²) in [5.41, 5.74) is 0.523. The van der Waals surface area contributed by atoms with E-state index in [-0.39, 0.29) is 11.7 Å². The Bertz CT molecular complexity index is 695. The van der Waals surface area contributed by atoms with E-state index < -0.39 is 6.04 Å². The lowest BCUT2D eigenvalue weighted by Crippen LogP contribution is -2.40. The zero-order chi connectivity index (χ0) is 18.8. The molecule has 2 rings (SSSR count). The molecular weight excluding hydrogens is 326 g/mol. The molecule has 1 N–H and O–H groups in total. The number of carbonyl (C=O) groups excluding carboxylic acids is 2. The van der Waals surface area contributed by atoms with Crippen molar-refractivity contribution in [3.05, 3.63) is 60.2 Å². The van der Waals surface area contributed by atoms with E-state index in [1.54, 1.807) is 24.3 Å². The van der Waals surface area contributed by atoms with Crippen molar-refractivity contribution in [2.45, 2.75) is 52.0 Å². The zero-order valence-corrected chi connectivity index (χ0v) is 15.5. The van der Waals surface area contributed by atoms with Crippen LogP contribution in [0.25, 0.3) is 0 Å². The Labute approximate surface area is 155 Å². The van der Waals surface area contributed by atoms with Crippen molar-refractivity contribution >= 4 is 11.7 Å². The minimum Gasteiger partial charge on any atom is -0.457 e. The second-order valence-corrected chi connectivity index (χ2v) is 6.28. The summed E-state index contributed by atoms with van der Waals surface area (Å²) in [4.78, 5) is 24.6. The Morgan fingerprint density at radius 3 is 2.19 bits per heavy atom. The number of amides is 1. The van der Waals surface area contributed by atoms with Gasteiger partial charge >= 0.3 is 0 Å². The molecule has 0 saturated carbocycles. The molecule has 0 bridgehead atoms. The van der Waals surface area contributed by atoms with Gasteiger partial charge in [-0.1, -0.05) is 51.3 Å². The standard InChI is InChI=1S/C22H27NO3/c1-3-5-7-12-20(21(24)4-2)23-22(25)17-13-15-19(16-14-17)26-18-10-8-6-9-11-18/h6,8-11,13-16,20H,3-5,7,12H2,1-2H3,(H,23,25). The fourth-order valence-electron chi connectivity index (χ4n) is 2.70. The van der Waals surface area contributed by atoms with Crippen LogP contribution >= 0.6 is 0 Å². The van der Waals surface area contributed by atoms with Gasteiger partial charge in [-0.25, -0.2) is 0 Å². The first-order valence-corrected chi connectivity index (χ1v) is 9.30. The molecule has 0 aliphatic heterocycles. The van der Waals surface area contributed by atoms with Gasteiger partial charge in [0.25, 0.3) is 5.91 Å². The first-order chi connectivity index (χ1) is 12.6. The Morgan fingerprint density at radius 2 is 1.58 bits per heavy atom. The predicted octanol–water partition coefficient (Wildman–Crippen LogP) is 5.14. The van der Waals surface area contributed by atoms with E-state index in [1.165, 1.54) is 0 Å². The van der Waals surface area contributed by atoms with Gasteiger partial charge in [-0.05, 0) is 42.8 Å². The number of para-hydroxylation sites is 1. The number of ether oxygens (including phenoxy) is 1. The highest BCUT2D eigenvalue weighted by molar-refractivity contribution is 5.97. The molecule has 0 aromatic heterocycles. The average Bonchev–Trinajstić information content (AvgIpc) is 2.68. The molecule has 1 unspecified atom stereocenters. The van der Waals surface area contributed by atoms with E-state index in [4.69, 9.17) is 4.74 Å². The lowest BCUT2D eigenvalue weighted by atomic mass is 10.0. The normalized spacial score (nSPS) is 11.6. The largest absolute Gasteiger partial charge is 0.457 e. The highest BCUT2D eigenvalue weighted by atomic mass is 16.5. The van der Waals surface area contributed by atoms with Crippen molar-refractivity contribution in [2.24, 2.45) is 0 Å². The Morgan fingerprint density at radius 1 is 0.923 bits per heavy atom.